The van der Waals surface area contributed by atoms with Crippen LogP contribution in [0.2, 0.25) is 0 Å². The summed E-state index contributed by atoms with van der Waals surface area (Å²) in [7, 11) is -4.49. The number of rotatable bonds is 6. The molecule has 6 rings (SSSR count). The average molecular weight is 577 g/mol. The fourth-order valence-corrected chi connectivity index (χ4v) is 6.38. The molecule has 2 aliphatic rings. The Morgan fingerprint density at radius 3 is 2.07 bits per heavy atom. The average Bonchev–Trinajstić information content (AvgIpc) is 2.95. The van der Waals surface area contributed by atoms with Gasteiger partial charge in [-0.1, -0.05) is 66.7 Å². The second-order valence-electron chi connectivity index (χ2n) is 10.8. The van der Waals surface area contributed by atoms with Gasteiger partial charge in [0.1, 0.15) is 16.4 Å². The van der Waals surface area contributed by atoms with Crippen LogP contribution in [0.1, 0.15) is 33.4 Å². The fraction of sp³-hybridized carbons (Fsp3) is 0.143. The van der Waals surface area contributed by atoms with Gasteiger partial charge in [0.15, 0.2) is 0 Å². The summed E-state index contributed by atoms with van der Waals surface area (Å²) < 4.78 is 41.6. The monoisotopic (exact) mass is 576 g/mol. The molecule has 1 aliphatic heterocycles. The van der Waals surface area contributed by atoms with E-state index in [1.807, 2.05) is 48.6 Å². The summed E-state index contributed by atoms with van der Waals surface area (Å²) in [5, 5.41) is 7.14. The van der Waals surface area contributed by atoms with Crippen LogP contribution in [0, 0.1) is 27.7 Å². The topological polar surface area (TPSA) is 87.7 Å². The molecule has 4 aromatic carbocycles. The Balaban J connectivity index is 1.49. The van der Waals surface area contributed by atoms with Crippen molar-refractivity contribution >= 4 is 32.8 Å². The van der Waals surface area contributed by atoms with Gasteiger partial charge in [0.25, 0.3) is 10.1 Å². The maximum absolute atomic E-state index is 12.5. The summed E-state index contributed by atoms with van der Waals surface area (Å²) in [6.45, 7) is 8.27. The Bertz CT molecular complexity index is 1900. The first-order valence-corrected chi connectivity index (χ1v) is 15.2. The molecule has 0 amide bonds. The van der Waals surface area contributed by atoms with E-state index in [1.54, 1.807) is 18.2 Å². The lowest BCUT2D eigenvalue weighted by Gasteiger charge is -2.30. The van der Waals surface area contributed by atoms with Gasteiger partial charge in [0.2, 0.25) is 0 Å². The molecule has 6 nitrogen and oxygen atoms in total. The zero-order valence-electron chi connectivity index (χ0n) is 23.9. The van der Waals surface area contributed by atoms with E-state index in [9.17, 15) is 13.0 Å². The quantitative estimate of drug-likeness (QED) is 0.201. The number of nitrogens with one attached hydrogen (secondary N) is 2. The Kier molecular flexibility index (Phi) is 7.01. The van der Waals surface area contributed by atoms with Crippen LogP contribution >= 0.6 is 0 Å². The SMILES string of the molecule is Cc1cccc(C)c1Nc1ccc2c(c1)OC1=CC(Nc3c(C)cccc3C)C=CC1=C2c1ccccc1S(=O)(=O)O. The molecule has 0 spiro atoms. The Labute approximate surface area is 246 Å². The predicted octanol–water partition coefficient (Wildman–Crippen LogP) is 8.04. The van der Waals surface area contributed by atoms with Gasteiger partial charge in [-0.25, -0.2) is 0 Å². The second kappa shape index (κ2) is 10.7. The summed E-state index contributed by atoms with van der Waals surface area (Å²) in [4.78, 5) is -0.151. The van der Waals surface area contributed by atoms with Crippen molar-refractivity contribution in [3.8, 4) is 5.75 Å². The minimum atomic E-state index is -4.49. The number of anilines is 3. The van der Waals surface area contributed by atoms with E-state index in [-0.39, 0.29) is 10.9 Å². The number of benzene rings is 4. The number of hydrogen-bond acceptors (Lipinski definition) is 5. The first-order chi connectivity index (χ1) is 20.1. The van der Waals surface area contributed by atoms with Crippen LogP contribution in [-0.4, -0.2) is 19.0 Å². The normalized spacial score (nSPS) is 15.8. The van der Waals surface area contributed by atoms with E-state index in [1.165, 1.54) is 6.07 Å². The Morgan fingerprint density at radius 1 is 0.762 bits per heavy atom. The summed E-state index contributed by atoms with van der Waals surface area (Å²) in [6.07, 6.45) is 6.00. The lowest BCUT2D eigenvalue weighted by Crippen LogP contribution is -2.22. The molecule has 1 heterocycles. The van der Waals surface area contributed by atoms with Crippen molar-refractivity contribution in [1.29, 1.82) is 0 Å². The van der Waals surface area contributed by atoms with Crippen LogP contribution in [0.3, 0.4) is 0 Å². The highest BCUT2D eigenvalue weighted by Gasteiger charge is 2.30. The third-order valence-electron chi connectivity index (χ3n) is 7.78. The molecule has 7 heteroatoms. The first kappa shape index (κ1) is 27.6. The molecule has 1 unspecified atom stereocenters. The van der Waals surface area contributed by atoms with Gasteiger partial charge in [0, 0.05) is 45.4 Å². The molecule has 0 fully saturated rings. The van der Waals surface area contributed by atoms with Crippen LogP contribution in [-0.2, 0) is 10.1 Å². The standard InChI is InChI=1S/C35H32N2O4S/c1-21-9-7-10-22(2)34(21)36-25-15-17-27-30(19-25)41-31-20-26(37-35-23(3)11-8-12-24(35)4)16-18-28(31)33(27)29-13-5-6-14-32(29)42(38,39)40/h5-20,25,36-37H,1-4H3,(H,38,39,40). The van der Waals surface area contributed by atoms with E-state index in [0.29, 0.717) is 22.6 Å². The third-order valence-corrected chi connectivity index (χ3v) is 8.70. The number of para-hydroxylation sites is 2. The highest BCUT2D eigenvalue weighted by Crippen LogP contribution is 2.46. The van der Waals surface area contributed by atoms with Crippen molar-refractivity contribution in [3.63, 3.8) is 0 Å². The van der Waals surface area contributed by atoms with Gasteiger partial charge in [-0.2, -0.15) is 8.42 Å². The molecule has 3 N–H and O–H groups in total. The third kappa shape index (κ3) is 5.13. The van der Waals surface area contributed by atoms with Gasteiger partial charge in [-0.15, -0.1) is 0 Å². The molecule has 1 aliphatic carbocycles. The van der Waals surface area contributed by atoms with Crippen LogP contribution in [0.25, 0.3) is 5.57 Å². The number of ether oxygens (including phenoxy) is 1. The van der Waals surface area contributed by atoms with Gasteiger partial charge in [0.05, 0.1) is 6.04 Å². The van der Waals surface area contributed by atoms with E-state index in [0.717, 1.165) is 50.5 Å². The molecule has 42 heavy (non-hydrogen) atoms. The molecule has 212 valence electrons. The van der Waals surface area contributed by atoms with Crippen molar-refractivity contribution < 1.29 is 17.7 Å². The van der Waals surface area contributed by atoms with E-state index >= 15 is 0 Å². The Morgan fingerprint density at radius 2 is 1.40 bits per heavy atom. The second-order valence-corrected chi connectivity index (χ2v) is 12.2. The van der Waals surface area contributed by atoms with E-state index in [4.69, 9.17) is 4.74 Å². The summed E-state index contributed by atoms with van der Waals surface area (Å²) >= 11 is 0. The molecule has 0 radical (unpaired) electrons. The van der Waals surface area contributed by atoms with Crippen LogP contribution in [0.4, 0.5) is 17.1 Å². The van der Waals surface area contributed by atoms with Gasteiger partial charge in [-0.3, -0.25) is 4.55 Å². The highest BCUT2D eigenvalue weighted by molar-refractivity contribution is 7.86. The molecule has 1 atom stereocenters. The molecular weight excluding hydrogens is 544 g/mol. The summed E-state index contributed by atoms with van der Waals surface area (Å²) in [5.74, 6) is 1.20. The van der Waals surface area contributed by atoms with Crippen LogP contribution in [0.5, 0.6) is 5.75 Å². The smallest absolute Gasteiger partial charge is 0.295 e. The molecule has 0 aromatic heterocycles. The minimum Gasteiger partial charge on any atom is -0.456 e. The molecule has 4 aromatic rings. The fourth-order valence-electron chi connectivity index (χ4n) is 5.68. The number of hydrogen-bond donors (Lipinski definition) is 3. The Hall–Kier alpha value is -4.59. The van der Waals surface area contributed by atoms with Crippen molar-refractivity contribution in [3.05, 3.63) is 142 Å². The summed E-state index contributed by atoms with van der Waals surface area (Å²) in [6, 6.07) is 24.5. The lowest BCUT2D eigenvalue weighted by atomic mass is 9.87. The van der Waals surface area contributed by atoms with Gasteiger partial charge < -0.3 is 15.4 Å². The molecule has 0 saturated heterocycles. The largest absolute Gasteiger partial charge is 0.456 e. The van der Waals surface area contributed by atoms with Crippen molar-refractivity contribution in [2.75, 3.05) is 10.6 Å². The maximum Gasteiger partial charge on any atom is 0.295 e. The van der Waals surface area contributed by atoms with Gasteiger partial charge >= 0.3 is 0 Å². The number of allylic oxidation sites excluding steroid dienone is 1. The minimum absolute atomic E-state index is 0.151. The molecule has 0 bridgehead atoms. The molecular formula is C35H32N2O4S. The van der Waals surface area contributed by atoms with Crippen LogP contribution in [0.15, 0.2) is 113 Å². The number of aryl methyl sites for hydroxylation is 4. The van der Waals surface area contributed by atoms with E-state index in [2.05, 4.69) is 62.6 Å². The van der Waals surface area contributed by atoms with Crippen LogP contribution < -0.4 is 15.4 Å². The number of fused-ring (bicyclic) bond motifs is 2. The summed E-state index contributed by atoms with van der Waals surface area (Å²) in [5.41, 5.74) is 10.0. The van der Waals surface area contributed by atoms with E-state index < -0.39 is 10.1 Å². The predicted molar refractivity (Wildman–Crippen MR) is 169 cm³/mol. The van der Waals surface area contributed by atoms with Gasteiger partial charge in [-0.05, 0) is 74.2 Å². The van der Waals surface area contributed by atoms with Crippen molar-refractivity contribution in [2.45, 2.75) is 38.6 Å². The zero-order valence-corrected chi connectivity index (χ0v) is 24.7. The zero-order chi connectivity index (χ0) is 29.6. The molecule has 0 saturated carbocycles. The van der Waals surface area contributed by atoms with Crippen molar-refractivity contribution in [2.24, 2.45) is 0 Å². The highest BCUT2D eigenvalue weighted by atomic mass is 32.2. The van der Waals surface area contributed by atoms with Crippen molar-refractivity contribution in [1.82, 2.24) is 0 Å². The lowest BCUT2D eigenvalue weighted by molar-refractivity contribution is 0.428. The maximum atomic E-state index is 12.5. The first-order valence-electron chi connectivity index (χ1n) is 13.8.